The molecule has 0 spiro atoms. The van der Waals surface area contributed by atoms with Crippen LogP contribution in [0.3, 0.4) is 0 Å². The standard InChI is InChI=1S/C22H28FN3O4S/c1-4-26(5-2)31(28,29)19-9-10-21(30-3)20(16-19)24-11-13-25(14-12-24)22(27)17-7-6-8-18(23)15-17/h6-10,15-16H,4-5,11-14H2,1-3H3. The predicted molar refractivity (Wildman–Crippen MR) is 118 cm³/mol. The number of benzene rings is 2. The first-order valence-corrected chi connectivity index (χ1v) is 11.7. The summed E-state index contributed by atoms with van der Waals surface area (Å²) >= 11 is 0. The monoisotopic (exact) mass is 449 g/mol. The summed E-state index contributed by atoms with van der Waals surface area (Å²) in [7, 11) is -2.06. The van der Waals surface area contributed by atoms with E-state index in [1.54, 1.807) is 50.1 Å². The number of hydrogen-bond acceptors (Lipinski definition) is 5. The lowest BCUT2D eigenvalue weighted by atomic mass is 10.1. The Balaban J connectivity index is 1.80. The molecule has 0 atom stereocenters. The maximum absolute atomic E-state index is 13.5. The lowest BCUT2D eigenvalue weighted by Gasteiger charge is -2.37. The normalized spacial score (nSPS) is 14.7. The maximum atomic E-state index is 13.5. The summed E-state index contributed by atoms with van der Waals surface area (Å²) in [5.41, 5.74) is 0.993. The van der Waals surface area contributed by atoms with E-state index < -0.39 is 15.8 Å². The molecular formula is C22H28FN3O4S. The number of anilines is 1. The van der Waals surface area contributed by atoms with E-state index in [0.29, 0.717) is 56.3 Å². The van der Waals surface area contributed by atoms with Gasteiger partial charge in [0.2, 0.25) is 10.0 Å². The fourth-order valence-corrected chi connectivity index (χ4v) is 5.22. The Morgan fingerprint density at radius 3 is 2.32 bits per heavy atom. The van der Waals surface area contributed by atoms with Crippen LogP contribution < -0.4 is 9.64 Å². The largest absolute Gasteiger partial charge is 0.495 e. The Morgan fingerprint density at radius 1 is 1.06 bits per heavy atom. The number of carbonyl (C=O) groups is 1. The summed E-state index contributed by atoms with van der Waals surface area (Å²) in [6, 6.07) is 10.5. The quantitative estimate of drug-likeness (QED) is 0.650. The number of piperazine rings is 1. The van der Waals surface area contributed by atoms with E-state index in [4.69, 9.17) is 4.74 Å². The number of methoxy groups -OCH3 is 1. The van der Waals surface area contributed by atoms with E-state index in [0.717, 1.165) is 0 Å². The SMILES string of the molecule is CCN(CC)S(=O)(=O)c1ccc(OC)c(N2CCN(C(=O)c3cccc(F)c3)CC2)c1. The number of nitrogens with zero attached hydrogens (tertiary/aromatic N) is 3. The minimum atomic E-state index is -3.60. The summed E-state index contributed by atoms with van der Waals surface area (Å²) in [5.74, 6) is -0.0900. The molecule has 31 heavy (non-hydrogen) atoms. The molecule has 0 radical (unpaired) electrons. The highest BCUT2D eigenvalue weighted by atomic mass is 32.2. The van der Waals surface area contributed by atoms with Gasteiger partial charge in [-0.05, 0) is 36.4 Å². The summed E-state index contributed by atoms with van der Waals surface area (Å²) in [5, 5.41) is 0. The minimum absolute atomic E-state index is 0.213. The lowest BCUT2D eigenvalue weighted by molar-refractivity contribution is 0.0746. The Bertz CT molecular complexity index is 1030. The first-order valence-electron chi connectivity index (χ1n) is 10.3. The van der Waals surface area contributed by atoms with Crippen LogP contribution in [0.2, 0.25) is 0 Å². The summed E-state index contributed by atoms with van der Waals surface area (Å²) in [6.07, 6.45) is 0. The van der Waals surface area contributed by atoms with Gasteiger partial charge in [0.15, 0.2) is 0 Å². The smallest absolute Gasteiger partial charge is 0.254 e. The Kier molecular flexibility index (Phi) is 7.17. The van der Waals surface area contributed by atoms with Gasteiger partial charge in [0, 0.05) is 44.8 Å². The topological polar surface area (TPSA) is 70.2 Å². The number of rotatable bonds is 7. The van der Waals surface area contributed by atoms with Crippen LogP contribution in [-0.4, -0.2) is 69.9 Å². The zero-order valence-electron chi connectivity index (χ0n) is 18.0. The van der Waals surface area contributed by atoms with Crippen molar-refractivity contribution in [3.8, 4) is 5.75 Å². The van der Waals surface area contributed by atoms with E-state index >= 15 is 0 Å². The van der Waals surface area contributed by atoms with Crippen molar-refractivity contribution < 1.29 is 22.3 Å². The van der Waals surface area contributed by atoms with Crippen LogP contribution in [0.4, 0.5) is 10.1 Å². The molecule has 168 valence electrons. The van der Waals surface area contributed by atoms with Crippen molar-refractivity contribution in [3.05, 3.63) is 53.8 Å². The van der Waals surface area contributed by atoms with Crippen molar-refractivity contribution in [1.29, 1.82) is 0 Å². The van der Waals surface area contributed by atoms with Gasteiger partial charge in [-0.15, -0.1) is 0 Å². The highest BCUT2D eigenvalue weighted by Gasteiger charge is 2.27. The number of halogens is 1. The Labute approximate surface area is 183 Å². The van der Waals surface area contributed by atoms with Crippen molar-refractivity contribution in [1.82, 2.24) is 9.21 Å². The van der Waals surface area contributed by atoms with Crippen LogP contribution in [0.25, 0.3) is 0 Å². The Hall–Kier alpha value is -2.65. The Morgan fingerprint density at radius 2 is 1.74 bits per heavy atom. The van der Waals surface area contributed by atoms with Crippen molar-refractivity contribution in [3.63, 3.8) is 0 Å². The third kappa shape index (κ3) is 4.83. The van der Waals surface area contributed by atoms with Crippen molar-refractivity contribution in [2.24, 2.45) is 0 Å². The van der Waals surface area contributed by atoms with Crippen LogP contribution in [0.15, 0.2) is 47.4 Å². The first-order chi connectivity index (χ1) is 14.8. The fraction of sp³-hybridized carbons (Fsp3) is 0.409. The molecule has 1 heterocycles. The first kappa shape index (κ1) is 23.0. The molecule has 0 bridgehead atoms. The number of sulfonamides is 1. The molecular weight excluding hydrogens is 421 g/mol. The van der Waals surface area contributed by atoms with E-state index in [9.17, 15) is 17.6 Å². The van der Waals surface area contributed by atoms with Gasteiger partial charge in [0.1, 0.15) is 11.6 Å². The second kappa shape index (κ2) is 9.65. The van der Waals surface area contributed by atoms with Crippen LogP contribution in [0.1, 0.15) is 24.2 Å². The molecule has 2 aromatic rings. The molecule has 0 aliphatic carbocycles. The zero-order valence-corrected chi connectivity index (χ0v) is 18.9. The van der Waals surface area contributed by atoms with Gasteiger partial charge in [-0.2, -0.15) is 4.31 Å². The fourth-order valence-electron chi connectivity index (χ4n) is 3.74. The van der Waals surface area contributed by atoms with Crippen molar-refractivity contribution >= 4 is 21.6 Å². The van der Waals surface area contributed by atoms with Gasteiger partial charge < -0.3 is 14.5 Å². The molecule has 1 aliphatic rings. The third-order valence-corrected chi connectivity index (χ3v) is 7.52. The molecule has 0 N–H and O–H groups in total. The van der Waals surface area contributed by atoms with Crippen LogP contribution in [-0.2, 0) is 10.0 Å². The second-order valence-corrected chi connectivity index (χ2v) is 9.15. The van der Waals surface area contributed by atoms with Crippen LogP contribution >= 0.6 is 0 Å². The van der Waals surface area contributed by atoms with Gasteiger partial charge in [-0.3, -0.25) is 4.79 Å². The molecule has 2 aromatic carbocycles. The predicted octanol–water partition coefficient (Wildman–Crippen LogP) is 2.83. The molecule has 1 fully saturated rings. The number of carbonyl (C=O) groups excluding carboxylic acids is 1. The molecule has 3 rings (SSSR count). The van der Waals surface area contributed by atoms with E-state index in [1.165, 1.54) is 22.5 Å². The summed E-state index contributed by atoms with van der Waals surface area (Å²) in [4.78, 5) is 16.6. The minimum Gasteiger partial charge on any atom is -0.495 e. The average molecular weight is 450 g/mol. The third-order valence-electron chi connectivity index (χ3n) is 5.47. The molecule has 0 saturated carbocycles. The summed E-state index contributed by atoms with van der Waals surface area (Å²) in [6.45, 7) is 6.28. The summed E-state index contributed by atoms with van der Waals surface area (Å²) < 4.78 is 46.2. The van der Waals surface area contributed by atoms with E-state index in [-0.39, 0.29) is 10.8 Å². The second-order valence-electron chi connectivity index (χ2n) is 7.21. The maximum Gasteiger partial charge on any atom is 0.254 e. The number of ether oxygens (including phenoxy) is 1. The molecule has 7 nitrogen and oxygen atoms in total. The van der Waals surface area contributed by atoms with Crippen LogP contribution in [0, 0.1) is 5.82 Å². The van der Waals surface area contributed by atoms with E-state index in [1.807, 2.05) is 4.90 Å². The van der Waals surface area contributed by atoms with Crippen LogP contribution in [0.5, 0.6) is 5.75 Å². The van der Waals surface area contributed by atoms with E-state index in [2.05, 4.69) is 0 Å². The molecule has 0 unspecified atom stereocenters. The highest BCUT2D eigenvalue weighted by Crippen LogP contribution is 2.32. The number of amides is 1. The van der Waals surface area contributed by atoms with Gasteiger partial charge in [-0.1, -0.05) is 19.9 Å². The van der Waals surface area contributed by atoms with Gasteiger partial charge in [-0.25, -0.2) is 12.8 Å². The van der Waals surface area contributed by atoms with Crippen molar-refractivity contribution in [2.45, 2.75) is 18.7 Å². The molecule has 0 aromatic heterocycles. The number of hydrogen-bond donors (Lipinski definition) is 0. The zero-order chi connectivity index (χ0) is 22.6. The molecule has 1 saturated heterocycles. The lowest BCUT2D eigenvalue weighted by Crippen LogP contribution is -2.49. The van der Waals surface area contributed by atoms with Gasteiger partial charge in [0.05, 0.1) is 17.7 Å². The van der Waals surface area contributed by atoms with Gasteiger partial charge in [0.25, 0.3) is 5.91 Å². The molecule has 1 amide bonds. The molecule has 9 heteroatoms. The van der Waals surface area contributed by atoms with Crippen molar-refractivity contribution in [2.75, 3.05) is 51.3 Å². The molecule has 1 aliphatic heterocycles. The average Bonchev–Trinajstić information content (AvgIpc) is 2.79. The van der Waals surface area contributed by atoms with Gasteiger partial charge >= 0.3 is 0 Å². The highest BCUT2D eigenvalue weighted by molar-refractivity contribution is 7.89.